The first kappa shape index (κ1) is 17.0. The molecular formula is C12H15F4N3O2. The van der Waals surface area contributed by atoms with Crippen molar-refractivity contribution in [1.29, 1.82) is 0 Å². The molecule has 1 rings (SSSR count). The number of nitrogens with zero attached hydrogens (tertiary/aromatic N) is 1. The molecule has 21 heavy (non-hydrogen) atoms. The summed E-state index contributed by atoms with van der Waals surface area (Å²) in [6, 6.07) is 4.46. The Bertz CT molecular complexity index is 509. The standard InChI is InChI=1S/C12H15F4N3O2/c1-21-9-4-7(2-3-8(9)10(17)19-20)5-18-6-12(15,16)11(13)14/h2-4,11,18,20H,5-6H2,1H3,(H2,17,19). The van der Waals surface area contributed by atoms with E-state index in [1.165, 1.54) is 25.3 Å². The molecule has 9 heteroatoms. The van der Waals surface area contributed by atoms with Gasteiger partial charge in [-0.15, -0.1) is 0 Å². The topological polar surface area (TPSA) is 79.9 Å². The molecule has 0 bridgehead atoms. The highest BCUT2D eigenvalue weighted by Gasteiger charge is 2.39. The number of methoxy groups -OCH3 is 1. The van der Waals surface area contributed by atoms with E-state index in [0.29, 0.717) is 11.1 Å². The summed E-state index contributed by atoms with van der Waals surface area (Å²) in [4.78, 5) is 0. The Balaban J connectivity index is 2.74. The van der Waals surface area contributed by atoms with Crippen LogP contribution in [0.1, 0.15) is 11.1 Å². The fraction of sp³-hybridized carbons (Fsp3) is 0.417. The predicted octanol–water partition coefficient (Wildman–Crippen LogP) is 1.78. The first-order valence-corrected chi connectivity index (χ1v) is 5.83. The first-order valence-electron chi connectivity index (χ1n) is 5.83. The molecule has 1 aromatic carbocycles. The zero-order valence-corrected chi connectivity index (χ0v) is 11.1. The fourth-order valence-corrected chi connectivity index (χ4v) is 1.56. The van der Waals surface area contributed by atoms with Gasteiger partial charge < -0.3 is 21.0 Å². The number of rotatable bonds is 7. The van der Waals surface area contributed by atoms with E-state index < -0.39 is 18.9 Å². The fourth-order valence-electron chi connectivity index (χ4n) is 1.56. The molecule has 118 valence electrons. The Kier molecular flexibility index (Phi) is 5.77. The van der Waals surface area contributed by atoms with Crippen LogP contribution in [-0.4, -0.2) is 37.0 Å². The largest absolute Gasteiger partial charge is 0.496 e. The summed E-state index contributed by atoms with van der Waals surface area (Å²) < 4.78 is 54.4. The average Bonchev–Trinajstić information content (AvgIpc) is 2.45. The molecule has 1 aromatic rings. The molecule has 0 fully saturated rings. The Labute approximate surface area is 118 Å². The second-order valence-electron chi connectivity index (χ2n) is 4.19. The number of benzene rings is 1. The van der Waals surface area contributed by atoms with Crippen LogP contribution in [0, 0.1) is 0 Å². The van der Waals surface area contributed by atoms with E-state index in [9.17, 15) is 17.6 Å². The monoisotopic (exact) mass is 309 g/mol. The molecule has 0 amide bonds. The molecule has 0 radical (unpaired) electrons. The van der Waals surface area contributed by atoms with Gasteiger partial charge in [-0.3, -0.25) is 0 Å². The number of halogens is 4. The molecule has 0 saturated carbocycles. The van der Waals surface area contributed by atoms with Gasteiger partial charge in [0, 0.05) is 6.54 Å². The molecule has 0 atom stereocenters. The van der Waals surface area contributed by atoms with E-state index in [1.54, 1.807) is 0 Å². The number of nitrogens with two attached hydrogens (primary N) is 1. The van der Waals surface area contributed by atoms with Crippen LogP contribution in [0.5, 0.6) is 5.75 Å². The van der Waals surface area contributed by atoms with E-state index in [2.05, 4.69) is 10.5 Å². The van der Waals surface area contributed by atoms with Crippen molar-refractivity contribution in [2.24, 2.45) is 10.9 Å². The number of ether oxygens (including phenoxy) is 1. The van der Waals surface area contributed by atoms with Gasteiger partial charge in [-0.1, -0.05) is 11.2 Å². The first-order chi connectivity index (χ1) is 9.81. The van der Waals surface area contributed by atoms with Gasteiger partial charge in [-0.05, 0) is 17.7 Å². The van der Waals surface area contributed by atoms with Crippen LogP contribution >= 0.6 is 0 Å². The summed E-state index contributed by atoms with van der Waals surface area (Å²) in [6.07, 6.45) is -3.72. The highest BCUT2D eigenvalue weighted by Crippen LogP contribution is 2.22. The minimum Gasteiger partial charge on any atom is -0.496 e. The molecule has 0 heterocycles. The van der Waals surface area contributed by atoms with Gasteiger partial charge in [-0.25, -0.2) is 8.78 Å². The molecule has 5 nitrogen and oxygen atoms in total. The van der Waals surface area contributed by atoms with Gasteiger partial charge >= 0.3 is 12.3 Å². The number of amidine groups is 1. The second-order valence-corrected chi connectivity index (χ2v) is 4.19. The third-order valence-electron chi connectivity index (χ3n) is 2.66. The van der Waals surface area contributed by atoms with Crippen LogP contribution in [0.2, 0.25) is 0 Å². The van der Waals surface area contributed by atoms with E-state index >= 15 is 0 Å². The molecule has 0 aliphatic rings. The second kappa shape index (κ2) is 7.11. The van der Waals surface area contributed by atoms with Crippen LogP contribution in [0.3, 0.4) is 0 Å². The van der Waals surface area contributed by atoms with E-state index in [-0.39, 0.29) is 18.1 Å². The number of nitrogens with one attached hydrogen (secondary N) is 1. The summed E-state index contributed by atoms with van der Waals surface area (Å²) >= 11 is 0. The van der Waals surface area contributed by atoms with E-state index in [4.69, 9.17) is 15.7 Å². The summed E-state index contributed by atoms with van der Waals surface area (Å²) in [5.41, 5.74) is 6.27. The Morgan fingerprint density at radius 3 is 2.67 bits per heavy atom. The van der Waals surface area contributed by atoms with Crippen molar-refractivity contribution in [2.75, 3.05) is 13.7 Å². The molecule has 0 aromatic heterocycles. The minimum absolute atomic E-state index is 0.0604. The lowest BCUT2D eigenvalue weighted by atomic mass is 10.1. The maximum absolute atomic E-state index is 12.7. The van der Waals surface area contributed by atoms with E-state index in [0.717, 1.165) is 0 Å². The number of hydrogen-bond donors (Lipinski definition) is 3. The van der Waals surface area contributed by atoms with Crippen molar-refractivity contribution < 1.29 is 27.5 Å². The highest BCUT2D eigenvalue weighted by atomic mass is 19.3. The predicted molar refractivity (Wildman–Crippen MR) is 68.2 cm³/mol. The van der Waals surface area contributed by atoms with E-state index in [1.807, 2.05) is 0 Å². The number of oxime groups is 1. The molecule has 4 N–H and O–H groups in total. The average molecular weight is 309 g/mol. The van der Waals surface area contributed by atoms with Gasteiger partial charge in [0.2, 0.25) is 0 Å². The Morgan fingerprint density at radius 1 is 1.48 bits per heavy atom. The van der Waals surface area contributed by atoms with Crippen molar-refractivity contribution in [3.8, 4) is 5.75 Å². The van der Waals surface area contributed by atoms with Crippen LogP contribution in [0.25, 0.3) is 0 Å². The smallest absolute Gasteiger partial charge is 0.319 e. The lowest BCUT2D eigenvalue weighted by Gasteiger charge is -2.16. The SMILES string of the molecule is COc1cc(CNCC(F)(F)C(F)F)ccc1/C(N)=N/O. The Hall–Kier alpha value is -2.03. The number of hydrogen-bond acceptors (Lipinski definition) is 4. The molecule has 0 aliphatic heterocycles. The third-order valence-corrected chi connectivity index (χ3v) is 2.66. The van der Waals surface area contributed by atoms with Crippen molar-refractivity contribution in [3.05, 3.63) is 29.3 Å². The molecule has 0 unspecified atom stereocenters. The zero-order valence-electron chi connectivity index (χ0n) is 11.1. The maximum Gasteiger partial charge on any atom is 0.319 e. The quantitative estimate of drug-likeness (QED) is 0.236. The van der Waals surface area contributed by atoms with Gasteiger partial charge in [0.25, 0.3) is 0 Å². The van der Waals surface area contributed by atoms with Gasteiger partial charge in [0.15, 0.2) is 5.84 Å². The van der Waals surface area contributed by atoms with Crippen molar-refractivity contribution in [2.45, 2.75) is 18.9 Å². The highest BCUT2D eigenvalue weighted by molar-refractivity contribution is 5.99. The van der Waals surface area contributed by atoms with Crippen LogP contribution in [-0.2, 0) is 6.54 Å². The van der Waals surface area contributed by atoms with Crippen molar-refractivity contribution in [3.63, 3.8) is 0 Å². The van der Waals surface area contributed by atoms with Crippen LogP contribution < -0.4 is 15.8 Å². The molecule has 0 aliphatic carbocycles. The van der Waals surface area contributed by atoms with Gasteiger partial charge in [0.1, 0.15) is 5.75 Å². The normalized spacial score (nSPS) is 12.8. The van der Waals surface area contributed by atoms with Crippen LogP contribution in [0.15, 0.2) is 23.4 Å². The minimum atomic E-state index is -4.09. The summed E-state index contributed by atoms with van der Waals surface area (Å²) in [5, 5.41) is 13.7. The summed E-state index contributed by atoms with van der Waals surface area (Å²) in [5.74, 6) is -3.99. The number of alkyl halides is 4. The Morgan fingerprint density at radius 2 is 2.14 bits per heavy atom. The van der Waals surface area contributed by atoms with Crippen LogP contribution in [0.4, 0.5) is 17.6 Å². The maximum atomic E-state index is 12.7. The van der Waals surface area contributed by atoms with Gasteiger partial charge in [-0.2, -0.15) is 8.78 Å². The third kappa shape index (κ3) is 4.48. The lowest BCUT2D eigenvalue weighted by molar-refractivity contribution is -0.125. The molecule has 0 spiro atoms. The van der Waals surface area contributed by atoms with Crippen molar-refractivity contribution >= 4 is 5.84 Å². The zero-order chi connectivity index (χ0) is 16.0. The molecule has 0 saturated heterocycles. The lowest BCUT2D eigenvalue weighted by Crippen LogP contribution is -2.38. The van der Waals surface area contributed by atoms with Gasteiger partial charge in [0.05, 0.1) is 19.2 Å². The summed E-state index contributed by atoms with van der Waals surface area (Å²) in [6.45, 7) is -1.20. The van der Waals surface area contributed by atoms with Crippen molar-refractivity contribution in [1.82, 2.24) is 5.32 Å². The molecular weight excluding hydrogens is 294 g/mol. The summed E-state index contributed by atoms with van der Waals surface area (Å²) in [7, 11) is 1.35.